The number of esters is 1. The van der Waals surface area contributed by atoms with Gasteiger partial charge in [-0.2, -0.15) is 11.8 Å². The Labute approximate surface area is 149 Å². The number of primary amides is 1. The van der Waals surface area contributed by atoms with Crippen LogP contribution in [-0.4, -0.2) is 47.4 Å². The van der Waals surface area contributed by atoms with Crippen molar-refractivity contribution in [2.75, 3.05) is 18.6 Å². The van der Waals surface area contributed by atoms with Gasteiger partial charge in [0.05, 0.1) is 0 Å². The highest BCUT2D eigenvalue weighted by molar-refractivity contribution is 7.98. The molecule has 0 saturated heterocycles. The zero-order chi connectivity index (χ0) is 18.4. The number of aromatic amines is 1. The largest absolute Gasteiger partial charge is 0.456 e. The summed E-state index contributed by atoms with van der Waals surface area (Å²) in [6, 6.07) is 5.76. The number of carbonyl (C=O) groups is 3. The summed E-state index contributed by atoms with van der Waals surface area (Å²) in [5, 5.41) is 3.13. The lowest BCUT2D eigenvalue weighted by molar-refractivity contribution is -0.144. The number of Topliss-reactive ketones (excluding diaryl/α,β-unsaturated/α-hetero) is 1. The number of thioether (sulfide) groups is 1. The first-order chi connectivity index (χ1) is 11.9. The van der Waals surface area contributed by atoms with E-state index < -0.39 is 24.6 Å². The Bertz CT molecular complexity index is 787. The zero-order valence-corrected chi connectivity index (χ0v) is 14.9. The number of benzene rings is 1. The van der Waals surface area contributed by atoms with Gasteiger partial charge in [0.2, 0.25) is 5.78 Å². The number of amides is 2. The third-order valence-electron chi connectivity index (χ3n) is 3.73. The molecule has 4 N–H and O–H groups in total. The summed E-state index contributed by atoms with van der Waals surface area (Å²) >= 11 is 1.53. The van der Waals surface area contributed by atoms with Crippen molar-refractivity contribution in [2.24, 2.45) is 5.73 Å². The molecule has 0 saturated carbocycles. The van der Waals surface area contributed by atoms with E-state index in [1.165, 1.54) is 11.8 Å². The van der Waals surface area contributed by atoms with Gasteiger partial charge in [0.1, 0.15) is 6.04 Å². The number of para-hydroxylation sites is 1. The molecule has 0 aliphatic carbocycles. The number of ether oxygens (including phenoxy) is 1. The number of ketones is 1. The number of nitrogens with two attached hydrogens (primary N) is 1. The first kappa shape index (κ1) is 18.9. The molecule has 7 nitrogen and oxygen atoms in total. The van der Waals surface area contributed by atoms with Crippen molar-refractivity contribution < 1.29 is 19.1 Å². The van der Waals surface area contributed by atoms with Crippen LogP contribution < -0.4 is 11.1 Å². The molecule has 0 radical (unpaired) electrons. The summed E-state index contributed by atoms with van der Waals surface area (Å²) in [6.45, 7) is 1.41. The Morgan fingerprint density at radius 2 is 2.04 bits per heavy atom. The van der Waals surface area contributed by atoms with Crippen LogP contribution in [0.15, 0.2) is 24.3 Å². The van der Waals surface area contributed by atoms with Crippen LogP contribution in [0.25, 0.3) is 10.9 Å². The summed E-state index contributed by atoms with van der Waals surface area (Å²) in [6.07, 6.45) is 2.26. The monoisotopic (exact) mass is 363 g/mol. The number of hydrogen-bond acceptors (Lipinski definition) is 5. The minimum atomic E-state index is -0.859. The van der Waals surface area contributed by atoms with Gasteiger partial charge < -0.3 is 20.8 Å². The lowest BCUT2D eigenvalue weighted by Gasteiger charge is -2.15. The van der Waals surface area contributed by atoms with Gasteiger partial charge >= 0.3 is 12.0 Å². The van der Waals surface area contributed by atoms with Crippen molar-refractivity contribution in [1.29, 1.82) is 0 Å². The number of rotatable bonds is 8. The van der Waals surface area contributed by atoms with Crippen LogP contribution in [0, 0.1) is 6.92 Å². The number of urea groups is 1. The maximum Gasteiger partial charge on any atom is 0.329 e. The van der Waals surface area contributed by atoms with Crippen LogP contribution in [0.4, 0.5) is 4.79 Å². The van der Waals surface area contributed by atoms with Gasteiger partial charge in [-0.3, -0.25) is 4.79 Å². The quantitative estimate of drug-likeness (QED) is 0.490. The van der Waals surface area contributed by atoms with Crippen molar-refractivity contribution in [3.63, 3.8) is 0 Å². The molecule has 2 amide bonds. The highest BCUT2D eigenvalue weighted by atomic mass is 32.2. The molecule has 8 heteroatoms. The van der Waals surface area contributed by atoms with E-state index in [1.807, 2.05) is 30.5 Å². The fraction of sp³-hybridized carbons (Fsp3) is 0.353. The molecule has 1 aromatic heterocycles. The Morgan fingerprint density at radius 1 is 1.32 bits per heavy atom. The van der Waals surface area contributed by atoms with Crippen LogP contribution in [0.1, 0.15) is 22.5 Å². The van der Waals surface area contributed by atoms with E-state index in [-0.39, 0.29) is 5.78 Å². The normalized spacial score (nSPS) is 11.9. The van der Waals surface area contributed by atoms with Crippen molar-refractivity contribution in [1.82, 2.24) is 10.3 Å². The van der Waals surface area contributed by atoms with E-state index in [4.69, 9.17) is 10.5 Å². The maximum atomic E-state index is 12.5. The Kier molecular flexibility index (Phi) is 6.46. The molecule has 1 aromatic carbocycles. The van der Waals surface area contributed by atoms with E-state index in [2.05, 4.69) is 10.3 Å². The fourth-order valence-electron chi connectivity index (χ4n) is 2.60. The predicted octanol–water partition coefficient (Wildman–Crippen LogP) is 1.99. The van der Waals surface area contributed by atoms with Crippen LogP contribution >= 0.6 is 11.8 Å². The first-order valence-electron chi connectivity index (χ1n) is 7.76. The SMILES string of the molecule is CSCC[C@H](NC(N)=O)C(=O)OCC(=O)c1c(C)[nH]c2ccccc12. The Balaban J connectivity index is 2.05. The molecule has 0 aliphatic heterocycles. The molecular weight excluding hydrogens is 342 g/mol. The molecule has 1 heterocycles. The molecule has 0 fully saturated rings. The molecule has 0 unspecified atom stereocenters. The fourth-order valence-corrected chi connectivity index (χ4v) is 3.07. The van der Waals surface area contributed by atoms with E-state index >= 15 is 0 Å². The van der Waals surface area contributed by atoms with Crippen molar-refractivity contribution in [3.8, 4) is 0 Å². The van der Waals surface area contributed by atoms with Crippen molar-refractivity contribution >= 4 is 40.4 Å². The average molecular weight is 363 g/mol. The second-order valence-corrected chi connectivity index (χ2v) is 6.53. The number of hydrogen-bond donors (Lipinski definition) is 3. The minimum absolute atomic E-state index is 0.300. The minimum Gasteiger partial charge on any atom is -0.456 e. The van der Waals surface area contributed by atoms with E-state index in [9.17, 15) is 14.4 Å². The molecule has 1 atom stereocenters. The summed E-state index contributed by atoms with van der Waals surface area (Å²) in [5.41, 5.74) is 7.16. The standard InChI is InChI=1S/C17H21N3O4S/c1-10-15(11-5-3-4-6-12(11)19-10)14(21)9-24-16(22)13(7-8-25-2)20-17(18)23/h3-6,13,19H,7-9H2,1-2H3,(H3,18,20,23)/t13-/m0/s1. The van der Waals surface area contributed by atoms with E-state index in [1.54, 1.807) is 6.92 Å². The Hall–Kier alpha value is -2.48. The second kappa shape index (κ2) is 8.57. The molecule has 25 heavy (non-hydrogen) atoms. The highest BCUT2D eigenvalue weighted by Gasteiger charge is 2.23. The summed E-state index contributed by atoms with van der Waals surface area (Å²) in [7, 11) is 0. The van der Waals surface area contributed by atoms with Gasteiger partial charge in [0.15, 0.2) is 6.61 Å². The van der Waals surface area contributed by atoms with Gasteiger partial charge in [-0.15, -0.1) is 0 Å². The summed E-state index contributed by atoms with van der Waals surface area (Å²) in [5.74, 6) is -0.320. The molecule has 0 spiro atoms. The molecule has 0 aliphatic rings. The van der Waals surface area contributed by atoms with Gasteiger partial charge in [0.25, 0.3) is 0 Å². The van der Waals surface area contributed by atoms with E-state index in [0.29, 0.717) is 17.7 Å². The Morgan fingerprint density at radius 3 is 2.72 bits per heavy atom. The van der Waals surface area contributed by atoms with Gasteiger partial charge in [-0.25, -0.2) is 9.59 Å². The molecule has 2 rings (SSSR count). The van der Waals surface area contributed by atoms with Crippen LogP contribution in [0.3, 0.4) is 0 Å². The average Bonchev–Trinajstić information content (AvgIpc) is 2.91. The summed E-state index contributed by atoms with van der Waals surface area (Å²) in [4.78, 5) is 38.8. The predicted molar refractivity (Wildman–Crippen MR) is 97.8 cm³/mol. The number of carbonyl (C=O) groups excluding carboxylic acids is 3. The van der Waals surface area contributed by atoms with Crippen LogP contribution in [0.2, 0.25) is 0 Å². The molecule has 0 bridgehead atoms. The molecule has 134 valence electrons. The molecular formula is C17H21N3O4S. The zero-order valence-electron chi connectivity index (χ0n) is 14.1. The third-order valence-corrected chi connectivity index (χ3v) is 4.37. The van der Waals surface area contributed by atoms with Gasteiger partial charge in [-0.05, 0) is 31.4 Å². The third kappa shape index (κ3) is 4.76. The van der Waals surface area contributed by atoms with Crippen molar-refractivity contribution in [2.45, 2.75) is 19.4 Å². The first-order valence-corrected chi connectivity index (χ1v) is 9.15. The number of aryl methyl sites for hydroxylation is 1. The molecule has 2 aromatic rings. The number of aromatic nitrogens is 1. The smallest absolute Gasteiger partial charge is 0.329 e. The number of fused-ring (bicyclic) bond motifs is 1. The topological polar surface area (TPSA) is 114 Å². The lowest BCUT2D eigenvalue weighted by Crippen LogP contribution is -2.45. The second-order valence-electron chi connectivity index (χ2n) is 5.54. The van der Waals surface area contributed by atoms with Gasteiger partial charge in [-0.1, -0.05) is 18.2 Å². The van der Waals surface area contributed by atoms with Gasteiger partial charge in [0, 0.05) is 22.2 Å². The van der Waals surface area contributed by atoms with Crippen molar-refractivity contribution in [3.05, 3.63) is 35.5 Å². The van der Waals surface area contributed by atoms with Crippen LogP contribution in [0.5, 0.6) is 0 Å². The maximum absolute atomic E-state index is 12.5. The highest BCUT2D eigenvalue weighted by Crippen LogP contribution is 2.22. The summed E-state index contributed by atoms with van der Waals surface area (Å²) < 4.78 is 5.11. The van der Waals surface area contributed by atoms with Crippen LogP contribution in [-0.2, 0) is 9.53 Å². The lowest BCUT2D eigenvalue weighted by atomic mass is 10.1. The van der Waals surface area contributed by atoms with E-state index in [0.717, 1.165) is 16.6 Å². The number of H-pyrrole nitrogens is 1. The number of nitrogens with one attached hydrogen (secondary N) is 2.